The summed E-state index contributed by atoms with van der Waals surface area (Å²) in [6.07, 6.45) is 6.34. The van der Waals surface area contributed by atoms with E-state index in [1.165, 1.54) is 12.8 Å². The summed E-state index contributed by atoms with van der Waals surface area (Å²) in [6.45, 7) is 5.72. The topological polar surface area (TPSA) is 56.3 Å². The van der Waals surface area contributed by atoms with Gasteiger partial charge in [-0.05, 0) is 32.2 Å². The van der Waals surface area contributed by atoms with Crippen LogP contribution in [0.3, 0.4) is 0 Å². The zero-order valence-corrected chi connectivity index (χ0v) is 11.4. The summed E-state index contributed by atoms with van der Waals surface area (Å²) in [4.78, 5) is 6.86. The first-order chi connectivity index (χ1) is 8.76. The summed E-state index contributed by atoms with van der Waals surface area (Å²) in [5.41, 5.74) is 5.79. The molecule has 2 heterocycles. The van der Waals surface area contributed by atoms with Crippen LogP contribution in [0.4, 0.5) is 5.95 Å². The summed E-state index contributed by atoms with van der Waals surface area (Å²) in [5, 5.41) is 0. The average Bonchev–Trinajstić information content (AvgIpc) is 2.88. The number of rotatable bonds is 5. The lowest BCUT2D eigenvalue weighted by atomic mass is 9.99. The molecule has 1 aromatic rings. The molecule has 1 saturated heterocycles. The van der Waals surface area contributed by atoms with E-state index in [0.717, 1.165) is 25.6 Å². The Hall–Kier alpha value is -1.07. The van der Waals surface area contributed by atoms with Crippen LogP contribution >= 0.6 is 0 Å². The standard InChI is InChI=1S/C13H24N4O/c1-11(10-18-2)17-7-5-15-13(17)16-6-3-4-12(8-14)9-16/h5,7,11-12H,3-4,6,8-10,14H2,1-2H3. The zero-order chi connectivity index (χ0) is 13.0. The Balaban J connectivity index is 2.10. The third-order valence-corrected chi connectivity index (χ3v) is 3.67. The smallest absolute Gasteiger partial charge is 0.205 e. The van der Waals surface area contributed by atoms with Gasteiger partial charge in [-0.1, -0.05) is 0 Å². The Labute approximate surface area is 109 Å². The highest BCUT2D eigenvalue weighted by atomic mass is 16.5. The zero-order valence-electron chi connectivity index (χ0n) is 11.4. The van der Waals surface area contributed by atoms with Crippen LogP contribution in [-0.2, 0) is 4.74 Å². The number of hydrogen-bond donors (Lipinski definition) is 1. The number of ether oxygens (including phenoxy) is 1. The molecule has 0 amide bonds. The average molecular weight is 252 g/mol. The second-order valence-electron chi connectivity index (χ2n) is 5.13. The minimum Gasteiger partial charge on any atom is -0.383 e. The van der Waals surface area contributed by atoms with Gasteiger partial charge in [-0.2, -0.15) is 0 Å². The predicted molar refractivity (Wildman–Crippen MR) is 72.8 cm³/mol. The first-order valence-electron chi connectivity index (χ1n) is 6.73. The molecule has 2 unspecified atom stereocenters. The summed E-state index contributed by atoms with van der Waals surface area (Å²) in [6, 6.07) is 0.311. The first-order valence-corrected chi connectivity index (χ1v) is 6.73. The normalized spacial score (nSPS) is 22.2. The van der Waals surface area contributed by atoms with Crippen LogP contribution in [0.5, 0.6) is 0 Å². The van der Waals surface area contributed by atoms with Crippen molar-refractivity contribution in [3.05, 3.63) is 12.4 Å². The number of aromatic nitrogens is 2. The molecule has 1 aliphatic heterocycles. The maximum absolute atomic E-state index is 5.79. The lowest BCUT2D eigenvalue weighted by molar-refractivity contribution is 0.162. The lowest BCUT2D eigenvalue weighted by Gasteiger charge is -2.34. The van der Waals surface area contributed by atoms with E-state index < -0.39 is 0 Å². The molecule has 2 atom stereocenters. The van der Waals surface area contributed by atoms with Gasteiger partial charge in [0.15, 0.2) is 0 Å². The van der Waals surface area contributed by atoms with Gasteiger partial charge in [0.25, 0.3) is 0 Å². The van der Waals surface area contributed by atoms with E-state index in [1.54, 1.807) is 7.11 Å². The third kappa shape index (κ3) is 2.84. The van der Waals surface area contributed by atoms with Crippen molar-refractivity contribution >= 4 is 5.95 Å². The molecule has 18 heavy (non-hydrogen) atoms. The molecule has 1 aliphatic rings. The summed E-state index contributed by atoms with van der Waals surface area (Å²) in [5.74, 6) is 1.65. The van der Waals surface area contributed by atoms with Crippen LogP contribution < -0.4 is 10.6 Å². The minimum absolute atomic E-state index is 0.311. The molecule has 0 bridgehead atoms. The van der Waals surface area contributed by atoms with Crippen LogP contribution in [0.1, 0.15) is 25.8 Å². The fourth-order valence-corrected chi connectivity index (χ4v) is 2.65. The second kappa shape index (κ2) is 6.20. The van der Waals surface area contributed by atoms with Crippen LogP contribution in [-0.4, -0.2) is 42.9 Å². The minimum atomic E-state index is 0.311. The van der Waals surface area contributed by atoms with E-state index in [1.807, 2.05) is 12.4 Å². The van der Waals surface area contributed by atoms with Gasteiger partial charge in [0, 0.05) is 32.6 Å². The molecule has 0 radical (unpaired) electrons. The van der Waals surface area contributed by atoms with Crippen molar-refractivity contribution in [1.82, 2.24) is 9.55 Å². The molecule has 102 valence electrons. The molecule has 1 fully saturated rings. The van der Waals surface area contributed by atoms with Crippen molar-refractivity contribution in [2.75, 3.05) is 38.3 Å². The van der Waals surface area contributed by atoms with Crippen molar-refractivity contribution in [3.8, 4) is 0 Å². The maximum atomic E-state index is 5.79. The number of imidazole rings is 1. The number of hydrogen-bond acceptors (Lipinski definition) is 4. The molecule has 5 nitrogen and oxygen atoms in total. The second-order valence-corrected chi connectivity index (χ2v) is 5.13. The Kier molecular flexibility index (Phi) is 4.60. The van der Waals surface area contributed by atoms with E-state index in [9.17, 15) is 0 Å². The quantitative estimate of drug-likeness (QED) is 0.857. The summed E-state index contributed by atoms with van der Waals surface area (Å²) >= 11 is 0. The van der Waals surface area contributed by atoms with Crippen molar-refractivity contribution < 1.29 is 4.74 Å². The van der Waals surface area contributed by atoms with E-state index in [0.29, 0.717) is 18.6 Å². The highest BCUT2D eigenvalue weighted by molar-refractivity contribution is 5.32. The first kappa shape index (κ1) is 13.4. The number of piperidine rings is 1. The van der Waals surface area contributed by atoms with Gasteiger partial charge < -0.3 is 19.9 Å². The van der Waals surface area contributed by atoms with E-state index >= 15 is 0 Å². The fraction of sp³-hybridized carbons (Fsp3) is 0.769. The molecule has 5 heteroatoms. The lowest BCUT2D eigenvalue weighted by Crippen LogP contribution is -2.40. The van der Waals surface area contributed by atoms with E-state index in [4.69, 9.17) is 10.5 Å². The fourth-order valence-electron chi connectivity index (χ4n) is 2.65. The van der Waals surface area contributed by atoms with Crippen molar-refractivity contribution in [2.24, 2.45) is 11.7 Å². The Bertz CT molecular complexity index is 366. The Morgan fingerprint density at radius 2 is 2.44 bits per heavy atom. The maximum Gasteiger partial charge on any atom is 0.205 e. The number of methoxy groups -OCH3 is 1. The molecule has 0 saturated carbocycles. The Morgan fingerprint density at radius 3 is 3.17 bits per heavy atom. The van der Waals surface area contributed by atoms with Crippen molar-refractivity contribution in [2.45, 2.75) is 25.8 Å². The molecule has 2 rings (SSSR count). The van der Waals surface area contributed by atoms with Gasteiger partial charge in [0.1, 0.15) is 0 Å². The number of anilines is 1. The summed E-state index contributed by atoms with van der Waals surface area (Å²) < 4.78 is 7.42. The molecule has 2 N–H and O–H groups in total. The molecule has 0 spiro atoms. The highest BCUT2D eigenvalue weighted by Gasteiger charge is 2.23. The number of nitrogens with zero attached hydrogens (tertiary/aromatic N) is 3. The number of nitrogens with two attached hydrogens (primary N) is 1. The van der Waals surface area contributed by atoms with Crippen LogP contribution in [0.2, 0.25) is 0 Å². The Morgan fingerprint density at radius 1 is 1.61 bits per heavy atom. The van der Waals surface area contributed by atoms with Crippen molar-refractivity contribution in [1.29, 1.82) is 0 Å². The predicted octanol–water partition coefficient (Wildman–Crippen LogP) is 1.27. The highest BCUT2D eigenvalue weighted by Crippen LogP contribution is 2.23. The molecule has 0 aromatic carbocycles. The van der Waals surface area contributed by atoms with Crippen LogP contribution in [0.25, 0.3) is 0 Å². The van der Waals surface area contributed by atoms with E-state index in [-0.39, 0.29) is 0 Å². The molecule has 0 aliphatic carbocycles. The van der Waals surface area contributed by atoms with Crippen LogP contribution in [0, 0.1) is 5.92 Å². The van der Waals surface area contributed by atoms with E-state index in [2.05, 4.69) is 21.4 Å². The van der Waals surface area contributed by atoms with Gasteiger partial charge in [-0.15, -0.1) is 0 Å². The molecular weight excluding hydrogens is 228 g/mol. The van der Waals surface area contributed by atoms with Gasteiger partial charge in [0.05, 0.1) is 12.6 Å². The van der Waals surface area contributed by atoms with Gasteiger partial charge in [-0.25, -0.2) is 4.98 Å². The van der Waals surface area contributed by atoms with Gasteiger partial charge in [0.2, 0.25) is 5.95 Å². The third-order valence-electron chi connectivity index (χ3n) is 3.67. The SMILES string of the molecule is COCC(C)n1ccnc1N1CCCC(CN)C1. The summed E-state index contributed by atoms with van der Waals surface area (Å²) in [7, 11) is 1.73. The largest absolute Gasteiger partial charge is 0.383 e. The molecular formula is C13H24N4O. The van der Waals surface area contributed by atoms with Gasteiger partial charge in [-0.3, -0.25) is 0 Å². The monoisotopic (exact) mass is 252 g/mol. The van der Waals surface area contributed by atoms with Crippen LogP contribution in [0.15, 0.2) is 12.4 Å². The molecule has 1 aromatic heterocycles. The van der Waals surface area contributed by atoms with Crippen molar-refractivity contribution in [3.63, 3.8) is 0 Å². The van der Waals surface area contributed by atoms with Gasteiger partial charge >= 0.3 is 0 Å².